The van der Waals surface area contributed by atoms with Gasteiger partial charge in [-0.1, -0.05) is 0 Å². The van der Waals surface area contributed by atoms with Gasteiger partial charge < -0.3 is 25.1 Å². The maximum absolute atomic E-state index is 10.9. The third-order valence-corrected chi connectivity index (χ3v) is 1.99. The number of hydrogen-bond acceptors (Lipinski definition) is 6. The molecule has 0 bridgehead atoms. The van der Waals surface area contributed by atoms with Gasteiger partial charge in [0.2, 0.25) is 0 Å². The monoisotopic (exact) mass is 244 g/mol. The van der Waals surface area contributed by atoms with E-state index in [0.717, 1.165) is 6.92 Å². The van der Waals surface area contributed by atoms with Crippen LogP contribution in [0.1, 0.15) is 6.92 Å². The van der Waals surface area contributed by atoms with Crippen molar-refractivity contribution in [3.05, 3.63) is 0 Å². The molecule has 0 saturated carbocycles. The van der Waals surface area contributed by atoms with Crippen LogP contribution in [0.5, 0.6) is 0 Å². The largest absolute Gasteiger partial charge is 0.470 e. The molecule has 0 aromatic carbocycles. The maximum Gasteiger partial charge on any atom is 0.470 e. The lowest BCUT2D eigenvalue weighted by Gasteiger charge is -2.18. The quantitative estimate of drug-likeness (QED) is 0.330. The number of phosphoric acid groups is 1. The average molecular weight is 244 g/mol. The lowest BCUT2D eigenvalue weighted by Crippen LogP contribution is -2.42. The second kappa shape index (κ2) is 5.66. The summed E-state index contributed by atoms with van der Waals surface area (Å²) in [6, 6.07) is 0. The van der Waals surface area contributed by atoms with E-state index in [-0.39, 0.29) is 0 Å². The molecular formula is C6H13O8P. The third-order valence-electron chi connectivity index (χ3n) is 1.52. The first-order valence-corrected chi connectivity index (χ1v) is 5.45. The van der Waals surface area contributed by atoms with Gasteiger partial charge in [-0.15, -0.1) is 0 Å². The van der Waals surface area contributed by atoms with Gasteiger partial charge in [-0.3, -0.25) is 9.32 Å². The van der Waals surface area contributed by atoms with Crippen LogP contribution in [0.4, 0.5) is 0 Å². The lowest BCUT2D eigenvalue weighted by molar-refractivity contribution is -0.140. The summed E-state index contributed by atoms with van der Waals surface area (Å²) < 4.78 is 14.0. The van der Waals surface area contributed by atoms with Gasteiger partial charge in [-0.25, -0.2) is 4.57 Å². The van der Waals surface area contributed by atoms with E-state index in [4.69, 9.17) is 25.1 Å². The zero-order valence-electron chi connectivity index (χ0n) is 7.85. The second-order valence-electron chi connectivity index (χ2n) is 2.91. The van der Waals surface area contributed by atoms with Gasteiger partial charge in [-0.05, 0) is 6.92 Å². The SMILES string of the molecule is C[C@@H](O)[C@@H](O)[C@@H](O)C(=O)COP(=O)(O)O. The van der Waals surface area contributed by atoms with Crippen LogP contribution in [-0.2, 0) is 13.9 Å². The normalized spacial score (nSPS) is 18.3. The smallest absolute Gasteiger partial charge is 0.391 e. The number of carbonyl (C=O) groups is 1. The molecule has 0 aliphatic heterocycles. The first-order chi connectivity index (χ1) is 6.65. The van der Waals surface area contributed by atoms with E-state index in [9.17, 15) is 9.36 Å². The van der Waals surface area contributed by atoms with Gasteiger partial charge in [0.25, 0.3) is 0 Å². The molecule has 0 rings (SSSR count). The molecule has 0 aliphatic carbocycles. The fraction of sp³-hybridized carbons (Fsp3) is 0.833. The summed E-state index contributed by atoms with van der Waals surface area (Å²) in [6.45, 7) is 0.0974. The van der Waals surface area contributed by atoms with Crippen LogP contribution < -0.4 is 0 Å². The predicted molar refractivity (Wildman–Crippen MR) is 46.7 cm³/mol. The van der Waals surface area contributed by atoms with Crippen molar-refractivity contribution >= 4 is 13.6 Å². The molecule has 0 fully saturated rings. The number of ketones is 1. The molecule has 0 saturated heterocycles. The highest BCUT2D eigenvalue weighted by Crippen LogP contribution is 2.35. The molecule has 90 valence electrons. The lowest BCUT2D eigenvalue weighted by atomic mass is 10.1. The van der Waals surface area contributed by atoms with Crippen molar-refractivity contribution in [1.29, 1.82) is 0 Å². The molecule has 0 spiro atoms. The first kappa shape index (κ1) is 14.7. The minimum Gasteiger partial charge on any atom is -0.391 e. The van der Waals surface area contributed by atoms with E-state index >= 15 is 0 Å². The van der Waals surface area contributed by atoms with Gasteiger partial charge in [0.05, 0.1) is 6.10 Å². The molecule has 0 aromatic heterocycles. The van der Waals surface area contributed by atoms with Crippen molar-refractivity contribution in [2.75, 3.05) is 6.61 Å². The topological polar surface area (TPSA) is 145 Å². The summed E-state index contributed by atoms with van der Waals surface area (Å²) in [5, 5.41) is 26.9. The Kier molecular flexibility index (Phi) is 5.54. The Morgan fingerprint density at radius 2 is 1.80 bits per heavy atom. The number of hydrogen-bond donors (Lipinski definition) is 5. The summed E-state index contributed by atoms with van der Waals surface area (Å²) in [5.41, 5.74) is 0. The van der Waals surface area contributed by atoms with E-state index in [1.54, 1.807) is 0 Å². The molecule has 9 heteroatoms. The van der Waals surface area contributed by atoms with Crippen LogP contribution in [-0.4, -0.2) is 55.8 Å². The molecule has 8 nitrogen and oxygen atoms in total. The Hall–Kier alpha value is -0.340. The van der Waals surface area contributed by atoms with E-state index < -0.39 is 38.5 Å². The van der Waals surface area contributed by atoms with E-state index in [0.29, 0.717) is 0 Å². The zero-order valence-corrected chi connectivity index (χ0v) is 8.74. The van der Waals surface area contributed by atoms with Crippen LogP contribution in [0.25, 0.3) is 0 Å². The summed E-state index contributed by atoms with van der Waals surface area (Å²) >= 11 is 0. The number of carbonyl (C=O) groups excluding carboxylic acids is 1. The molecule has 0 aromatic rings. The summed E-state index contributed by atoms with van der Waals surface area (Å²) in [6.07, 6.45) is -5.02. The summed E-state index contributed by atoms with van der Waals surface area (Å²) in [5.74, 6) is -1.13. The molecule has 0 aliphatic rings. The summed E-state index contributed by atoms with van der Waals surface area (Å²) in [4.78, 5) is 27.4. The Morgan fingerprint density at radius 3 is 2.13 bits per heavy atom. The van der Waals surface area contributed by atoms with Crippen LogP contribution in [0.3, 0.4) is 0 Å². The standard InChI is InChI=1S/C6H13O8P/c1-3(7)5(9)6(10)4(8)2-14-15(11,12)13/h3,5-7,9-10H,2H2,1H3,(H2,11,12,13)/t3-,5-,6+/m1/s1. The number of aliphatic hydroxyl groups excluding tert-OH is 3. The van der Waals surface area contributed by atoms with Gasteiger partial charge in [0.1, 0.15) is 18.8 Å². The molecule has 0 radical (unpaired) electrons. The molecule has 0 heterocycles. The predicted octanol–water partition coefficient (Wildman–Crippen LogP) is -2.23. The van der Waals surface area contributed by atoms with Gasteiger partial charge in [0, 0.05) is 0 Å². The highest BCUT2D eigenvalue weighted by molar-refractivity contribution is 7.46. The van der Waals surface area contributed by atoms with Gasteiger partial charge in [0.15, 0.2) is 5.78 Å². The van der Waals surface area contributed by atoms with Crippen molar-refractivity contribution in [2.24, 2.45) is 0 Å². The van der Waals surface area contributed by atoms with Crippen molar-refractivity contribution in [3.63, 3.8) is 0 Å². The van der Waals surface area contributed by atoms with Crippen LogP contribution >= 0.6 is 7.82 Å². The Morgan fingerprint density at radius 1 is 1.33 bits per heavy atom. The van der Waals surface area contributed by atoms with Gasteiger partial charge >= 0.3 is 7.82 Å². The number of phosphoric ester groups is 1. The van der Waals surface area contributed by atoms with Crippen molar-refractivity contribution < 1.29 is 39.0 Å². The van der Waals surface area contributed by atoms with Crippen molar-refractivity contribution in [3.8, 4) is 0 Å². The molecule has 3 atom stereocenters. The highest BCUT2D eigenvalue weighted by atomic mass is 31.2. The fourth-order valence-corrected chi connectivity index (χ4v) is 0.983. The van der Waals surface area contributed by atoms with Crippen LogP contribution in [0, 0.1) is 0 Å². The molecule has 15 heavy (non-hydrogen) atoms. The van der Waals surface area contributed by atoms with Crippen LogP contribution in [0.15, 0.2) is 0 Å². The second-order valence-corrected chi connectivity index (χ2v) is 4.15. The minimum atomic E-state index is -4.79. The Bertz CT molecular complexity index is 258. The molecule has 5 N–H and O–H groups in total. The van der Waals surface area contributed by atoms with Gasteiger partial charge in [-0.2, -0.15) is 0 Å². The number of rotatable bonds is 6. The zero-order chi connectivity index (χ0) is 12.2. The fourth-order valence-electron chi connectivity index (χ4n) is 0.687. The summed E-state index contributed by atoms with van der Waals surface area (Å²) in [7, 11) is -4.79. The molecular weight excluding hydrogens is 231 g/mol. The maximum atomic E-state index is 10.9. The van der Waals surface area contributed by atoms with E-state index in [1.165, 1.54) is 0 Å². The van der Waals surface area contributed by atoms with Crippen molar-refractivity contribution in [2.45, 2.75) is 25.2 Å². The molecule has 0 unspecified atom stereocenters. The first-order valence-electron chi connectivity index (χ1n) is 3.92. The Balaban J connectivity index is 4.17. The number of Topliss-reactive ketones (excluding diaryl/α,β-unsaturated/α-hetero) is 1. The minimum absolute atomic E-state index is 1.05. The van der Waals surface area contributed by atoms with Crippen molar-refractivity contribution in [1.82, 2.24) is 0 Å². The third kappa shape index (κ3) is 5.95. The van der Waals surface area contributed by atoms with E-state index in [1.807, 2.05) is 0 Å². The van der Waals surface area contributed by atoms with E-state index in [2.05, 4.69) is 4.52 Å². The average Bonchev–Trinajstić information content (AvgIpc) is 2.10. The number of aliphatic hydroxyl groups is 3. The van der Waals surface area contributed by atoms with Crippen LogP contribution in [0.2, 0.25) is 0 Å². The Labute approximate surface area is 85.4 Å². The highest BCUT2D eigenvalue weighted by Gasteiger charge is 2.29. The molecule has 0 amide bonds.